The highest BCUT2D eigenvalue weighted by atomic mass is 35.5. The Morgan fingerprint density at radius 3 is 2.47 bits per heavy atom. The van der Waals surface area contributed by atoms with Crippen LogP contribution in [0.4, 0.5) is 5.69 Å². The van der Waals surface area contributed by atoms with Crippen molar-refractivity contribution in [2.24, 2.45) is 0 Å². The topological polar surface area (TPSA) is 98.6 Å². The number of H-pyrrole nitrogens is 1. The Bertz CT molecular complexity index is 2100. The van der Waals surface area contributed by atoms with E-state index in [1.807, 2.05) is 48.5 Å². The van der Waals surface area contributed by atoms with Crippen LogP contribution in [0.15, 0.2) is 102 Å². The highest BCUT2D eigenvalue weighted by Crippen LogP contribution is 2.39. The normalized spacial score (nSPS) is 11.7. The molecule has 4 aromatic carbocycles. The minimum atomic E-state index is -0.669. The zero-order valence-corrected chi connectivity index (χ0v) is 25.4. The standard InChI is InChI=1S/C33H20Cl2N4O2S2/c34-25-13-12-20(15-26(25)35)32(40)37-21-8-5-7-19(14-21)30(42)31-38-29(24(17-36)33(41)39-31)23-10-3-2-9-22(23)28-16-18-6-1-4-11-27(18)43-28/h1-16,30,42H,(H,37,40)(H,38,39,41). The van der Waals surface area contributed by atoms with E-state index in [4.69, 9.17) is 40.8 Å². The van der Waals surface area contributed by atoms with Crippen molar-refractivity contribution < 1.29 is 4.79 Å². The zero-order valence-electron chi connectivity index (χ0n) is 22.1. The van der Waals surface area contributed by atoms with Crippen molar-refractivity contribution in [2.75, 3.05) is 5.32 Å². The summed E-state index contributed by atoms with van der Waals surface area (Å²) < 4.78 is 1.13. The van der Waals surface area contributed by atoms with Crippen LogP contribution in [0, 0.1) is 11.3 Å². The van der Waals surface area contributed by atoms with Crippen LogP contribution in [0.2, 0.25) is 10.0 Å². The fraction of sp³-hybridized carbons (Fsp3) is 0.0303. The number of benzene rings is 4. The Labute approximate surface area is 266 Å². The number of anilines is 1. The molecule has 6 rings (SSSR count). The van der Waals surface area contributed by atoms with Gasteiger partial charge < -0.3 is 10.3 Å². The van der Waals surface area contributed by atoms with Crippen LogP contribution in [0.5, 0.6) is 0 Å². The third-order valence-electron chi connectivity index (χ3n) is 6.82. The number of nitriles is 1. The largest absolute Gasteiger partial charge is 0.322 e. The average Bonchev–Trinajstić information content (AvgIpc) is 3.46. The zero-order chi connectivity index (χ0) is 30.1. The van der Waals surface area contributed by atoms with E-state index in [9.17, 15) is 14.9 Å². The quantitative estimate of drug-likeness (QED) is 0.159. The molecule has 0 aliphatic rings. The minimum absolute atomic E-state index is 0.0829. The van der Waals surface area contributed by atoms with Gasteiger partial charge in [0.2, 0.25) is 0 Å². The summed E-state index contributed by atoms with van der Waals surface area (Å²) in [5.74, 6) is -0.0992. The third-order valence-corrected chi connectivity index (χ3v) is 9.25. The van der Waals surface area contributed by atoms with Gasteiger partial charge in [-0.1, -0.05) is 77.8 Å². The molecular formula is C33H20Cl2N4O2S2. The van der Waals surface area contributed by atoms with Crippen LogP contribution >= 0.6 is 47.2 Å². The minimum Gasteiger partial charge on any atom is -0.322 e. The second-order valence-electron chi connectivity index (χ2n) is 9.59. The number of hydrogen-bond donors (Lipinski definition) is 3. The molecule has 1 unspecified atom stereocenters. The highest BCUT2D eigenvalue weighted by molar-refractivity contribution is 7.80. The predicted octanol–water partition coefficient (Wildman–Crippen LogP) is 8.77. The molecule has 0 fully saturated rings. The number of rotatable bonds is 6. The van der Waals surface area contributed by atoms with Crippen LogP contribution in [-0.4, -0.2) is 15.9 Å². The number of aromatic amines is 1. The third kappa shape index (κ3) is 5.81. The molecule has 2 N–H and O–H groups in total. The van der Waals surface area contributed by atoms with Gasteiger partial charge in [-0.05, 0) is 53.4 Å². The maximum absolute atomic E-state index is 13.2. The Kier molecular flexibility index (Phi) is 8.06. The van der Waals surface area contributed by atoms with Gasteiger partial charge in [-0.2, -0.15) is 17.9 Å². The molecule has 0 aliphatic heterocycles. The molecule has 0 radical (unpaired) electrons. The summed E-state index contributed by atoms with van der Waals surface area (Å²) >= 11 is 18.5. The van der Waals surface area contributed by atoms with Gasteiger partial charge in [-0.25, -0.2) is 4.98 Å². The van der Waals surface area contributed by atoms with Crippen molar-refractivity contribution in [1.82, 2.24) is 9.97 Å². The lowest BCUT2D eigenvalue weighted by molar-refractivity contribution is 0.102. The number of aromatic nitrogens is 2. The van der Waals surface area contributed by atoms with Crippen LogP contribution in [0.1, 0.15) is 32.6 Å². The van der Waals surface area contributed by atoms with Gasteiger partial charge in [-0.3, -0.25) is 9.59 Å². The Hall–Kier alpha value is -4.39. The van der Waals surface area contributed by atoms with Gasteiger partial charge in [0, 0.05) is 32.0 Å². The van der Waals surface area contributed by atoms with E-state index in [1.54, 1.807) is 41.7 Å². The first-order valence-corrected chi connectivity index (χ1v) is 15.1. The SMILES string of the molecule is N#Cc1c(-c2ccccc2-c2cc3ccccc3s2)nc(C(S)c2cccc(NC(=O)c3ccc(Cl)c(Cl)c3)c2)[nH]c1=O. The molecule has 0 aliphatic carbocycles. The molecular weight excluding hydrogens is 619 g/mol. The monoisotopic (exact) mass is 638 g/mol. The number of nitrogens with zero attached hydrogens (tertiary/aromatic N) is 2. The molecule has 0 saturated carbocycles. The van der Waals surface area contributed by atoms with Crippen molar-refractivity contribution in [2.45, 2.75) is 5.25 Å². The fourth-order valence-corrected chi connectivity index (χ4v) is 6.41. The average molecular weight is 640 g/mol. The molecule has 43 heavy (non-hydrogen) atoms. The van der Waals surface area contributed by atoms with Crippen LogP contribution in [-0.2, 0) is 0 Å². The Morgan fingerprint density at radius 2 is 1.70 bits per heavy atom. The molecule has 0 spiro atoms. The summed E-state index contributed by atoms with van der Waals surface area (Å²) in [5.41, 5.74) is 2.70. The number of hydrogen-bond acceptors (Lipinski definition) is 6. The summed E-state index contributed by atoms with van der Waals surface area (Å²) in [7, 11) is 0. The second kappa shape index (κ2) is 12.1. The maximum atomic E-state index is 13.2. The number of thiol groups is 1. The maximum Gasteiger partial charge on any atom is 0.269 e. The molecule has 6 aromatic rings. The number of carbonyl (C=O) groups is 1. The number of halogens is 2. The molecule has 0 saturated heterocycles. The first kappa shape index (κ1) is 28.7. The van der Waals surface area contributed by atoms with E-state index in [2.05, 4.69) is 28.5 Å². The lowest BCUT2D eigenvalue weighted by Gasteiger charge is -2.15. The molecule has 0 bridgehead atoms. The summed E-state index contributed by atoms with van der Waals surface area (Å²) in [5, 5.41) is 13.9. The van der Waals surface area contributed by atoms with E-state index < -0.39 is 10.8 Å². The lowest BCUT2D eigenvalue weighted by Crippen LogP contribution is -2.18. The molecule has 2 heterocycles. The molecule has 10 heteroatoms. The number of fused-ring (bicyclic) bond motifs is 1. The van der Waals surface area contributed by atoms with E-state index >= 15 is 0 Å². The Balaban J connectivity index is 1.37. The van der Waals surface area contributed by atoms with E-state index in [1.165, 1.54) is 6.07 Å². The smallest absolute Gasteiger partial charge is 0.269 e. The van der Waals surface area contributed by atoms with Crippen LogP contribution in [0.25, 0.3) is 31.8 Å². The van der Waals surface area contributed by atoms with Crippen molar-refractivity contribution in [3.8, 4) is 27.8 Å². The van der Waals surface area contributed by atoms with E-state index in [-0.39, 0.29) is 28.0 Å². The van der Waals surface area contributed by atoms with Gasteiger partial charge in [0.15, 0.2) is 0 Å². The van der Waals surface area contributed by atoms with Gasteiger partial charge in [-0.15, -0.1) is 11.3 Å². The van der Waals surface area contributed by atoms with E-state index in [0.29, 0.717) is 27.4 Å². The van der Waals surface area contributed by atoms with Crippen molar-refractivity contribution in [3.63, 3.8) is 0 Å². The first-order valence-electron chi connectivity index (χ1n) is 13.0. The number of nitrogens with one attached hydrogen (secondary N) is 2. The van der Waals surface area contributed by atoms with Crippen molar-refractivity contribution in [3.05, 3.63) is 140 Å². The van der Waals surface area contributed by atoms with Crippen molar-refractivity contribution in [1.29, 1.82) is 5.26 Å². The fourth-order valence-electron chi connectivity index (χ4n) is 4.72. The van der Waals surface area contributed by atoms with Gasteiger partial charge in [0.05, 0.1) is 21.0 Å². The summed E-state index contributed by atoms with van der Waals surface area (Å²) in [6.45, 7) is 0. The van der Waals surface area contributed by atoms with Gasteiger partial charge >= 0.3 is 0 Å². The van der Waals surface area contributed by atoms with Gasteiger partial charge in [0.25, 0.3) is 11.5 Å². The second-order valence-corrected chi connectivity index (χ2v) is 12.0. The van der Waals surface area contributed by atoms with Crippen LogP contribution in [0.3, 0.4) is 0 Å². The number of carbonyl (C=O) groups excluding carboxylic acids is 1. The van der Waals surface area contributed by atoms with Gasteiger partial charge in [0.1, 0.15) is 17.5 Å². The van der Waals surface area contributed by atoms with E-state index in [0.717, 1.165) is 20.5 Å². The molecule has 1 atom stereocenters. The number of amides is 1. The molecule has 6 nitrogen and oxygen atoms in total. The predicted molar refractivity (Wildman–Crippen MR) is 178 cm³/mol. The van der Waals surface area contributed by atoms with Crippen molar-refractivity contribution >= 4 is 68.8 Å². The van der Waals surface area contributed by atoms with Crippen LogP contribution < -0.4 is 10.9 Å². The lowest BCUT2D eigenvalue weighted by atomic mass is 9.99. The number of thiophene rings is 1. The highest BCUT2D eigenvalue weighted by Gasteiger charge is 2.21. The Morgan fingerprint density at radius 1 is 0.930 bits per heavy atom. The summed E-state index contributed by atoms with van der Waals surface area (Å²) in [6.07, 6.45) is 0. The first-order chi connectivity index (χ1) is 20.8. The summed E-state index contributed by atoms with van der Waals surface area (Å²) in [6, 6.07) is 31.5. The molecule has 210 valence electrons. The summed E-state index contributed by atoms with van der Waals surface area (Å²) in [4.78, 5) is 34.5. The molecule has 1 amide bonds. The molecule has 2 aromatic heterocycles.